The third-order valence-electron chi connectivity index (χ3n) is 8.26. The Morgan fingerprint density at radius 1 is 1.00 bits per heavy atom. The van der Waals surface area contributed by atoms with Crippen LogP contribution in [-0.4, -0.2) is 90.9 Å². The average molecular weight is 847 g/mol. The first-order valence-corrected chi connectivity index (χ1v) is 15.8. The van der Waals surface area contributed by atoms with E-state index in [-0.39, 0.29) is 30.7 Å². The van der Waals surface area contributed by atoms with Crippen molar-refractivity contribution >= 4 is 99.1 Å². The fourth-order valence-electron chi connectivity index (χ4n) is 6.75. The second-order valence-electron chi connectivity index (χ2n) is 10.3. The largest absolute Gasteiger partial charge is 0.370 e. The van der Waals surface area contributed by atoms with E-state index in [1.807, 2.05) is 0 Å². The van der Waals surface area contributed by atoms with Gasteiger partial charge in [0, 0.05) is 24.9 Å². The average Bonchev–Trinajstić information content (AvgIpc) is 3.67. The van der Waals surface area contributed by atoms with Crippen LogP contribution in [-0.2, 0) is 0 Å². The smallest absolute Gasteiger partial charge is 0.267 e. The summed E-state index contributed by atoms with van der Waals surface area (Å²) in [6.45, 7) is 0.0527. The van der Waals surface area contributed by atoms with Crippen LogP contribution in [0.25, 0.3) is 0 Å². The minimum Gasteiger partial charge on any atom is -0.370 e. The predicted molar refractivity (Wildman–Crippen MR) is 163 cm³/mol. The number of carbonyl (C=O) groups excluding carboxylic acids is 2. The normalized spacial score (nSPS) is 35.0. The van der Waals surface area contributed by atoms with E-state index in [4.69, 9.17) is 23.1 Å². The number of hydrogen-bond donors (Lipinski definition) is 9. The molecule has 0 radical (unpaired) electrons. The van der Waals surface area contributed by atoms with E-state index in [0.717, 1.165) is 0 Å². The fourth-order valence-corrected chi connectivity index (χ4v) is 8.69. The van der Waals surface area contributed by atoms with Crippen LogP contribution in [0.1, 0.15) is 21.0 Å². The quantitative estimate of drug-likeness (QED) is 0.188. The van der Waals surface area contributed by atoms with E-state index in [1.165, 1.54) is 4.90 Å². The zero-order valence-electron chi connectivity index (χ0n) is 20.6. The summed E-state index contributed by atoms with van der Waals surface area (Å²) < 4.78 is 2.54. The summed E-state index contributed by atoms with van der Waals surface area (Å²) in [5.41, 5.74) is 9.60. The molecule has 2 aromatic rings. The Balaban J connectivity index is 1.35. The summed E-state index contributed by atoms with van der Waals surface area (Å²) in [5.74, 6) is -2.97. The fraction of sp³-hybridized carbons (Fsp3) is 0.455. The van der Waals surface area contributed by atoms with Gasteiger partial charge in [-0.15, -0.1) is 11.6 Å². The number of nitrogens with two attached hydrogens (primary N) is 2. The second-order valence-corrected chi connectivity index (χ2v) is 14.0. The van der Waals surface area contributed by atoms with Crippen molar-refractivity contribution in [2.75, 3.05) is 13.1 Å². The molecule has 3 aliphatic heterocycles. The number of aliphatic hydroxyl groups is 2. The monoisotopic (exact) mass is 842 g/mol. The molecule has 0 aromatic carbocycles. The molecule has 4 aliphatic rings. The third-order valence-corrected chi connectivity index (χ3v) is 12.5. The molecule has 1 aliphatic carbocycles. The van der Waals surface area contributed by atoms with Gasteiger partial charge in [0.15, 0.2) is 30.0 Å². The second kappa shape index (κ2) is 10.1. The van der Waals surface area contributed by atoms with Crippen LogP contribution in [0, 0.1) is 17.8 Å². The minimum absolute atomic E-state index is 0.0138. The third kappa shape index (κ3) is 4.19. The molecular formula is C22H23Br4ClN10O4. The molecule has 8 atom stereocenters. The standard InChI is InChI=1S/C22H23Br4ClN10O4/c23-7-1-9(32-13(7)25)15(38)30-3-5-6(4-31-16(39)10-2-8(24)14(26)33-10)12(27)21-11(5)22(41)17(34-19(28)36-22)37(21)20(29)35-18(21)40/h1-2,5-6,11-12,17-18,32-33,40-41H,3-4H2,(H2,29,35)(H,30,38)(H,31,39)(H3,28,34,36)/t5-,6-,11+,12+,17+,18+,21+,22+/m0/s1. The van der Waals surface area contributed by atoms with E-state index in [0.29, 0.717) is 23.8 Å². The predicted octanol–water partition coefficient (Wildman–Crippen LogP) is 0.656. The Morgan fingerprint density at radius 2 is 1.54 bits per heavy atom. The molecular weight excluding hydrogens is 823 g/mol. The molecule has 5 heterocycles. The number of carbonyl (C=O) groups is 2. The van der Waals surface area contributed by atoms with Gasteiger partial charge in [-0.3, -0.25) is 9.59 Å². The van der Waals surface area contributed by atoms with Crippen molar-refractivity contribution in [2.24, 2.45) is 39.2 Å². The van der Waals surface area contributed by atoms with Gasteiger partial charge in [0.25, 0.3) is 11.8 Å². The van der Waals surface area contributed by atoms with Crippen LogP contribution in [0.3, 0.4) is 0 Å². The molecule has 1 saturated carbocycles. The number of aromatic nitrogens is 2. The maximum atomic E-state index is 13.1. The van der Waals surface area contributed by atoms with Gasteiger partial charge in [0.1, 0.15) is 16.9 Å². The number of nitrogens with zero attached hydrogens (tertiary/aromatic N) is 3. The van der Waals surface area contributed by atoms with E-state index < -0.39 is 58.6 Å². The van der Waals surface area contributed by atoms with Crippen LogP contribution in [0.2, 0.25) is 0 Å². The van der Waals surface area contributed by atoms with Crippen molar-refractivity contribution in [1.29, 1.82) is 0 Å². The number of rotatable bonds is 6. The molecule has 220 valence electrons. The van der Waals surface area contributed by atoms with Crippen molar-refractivity contribution < 1.29 is 19.8 Å². The number of guanidine groups is 2. The first-order valence-electron chi connectivity index (χ1n) is 12.2. The van der Waals surface area contributed by atoms with Crippen LogP contribution < -0.4 is 27.4 Å². The molecule has 11 N–H and O–H groups in total. The summed E-state index contributed by atoms with van der Waals surface area (Å²) >= 11 is 20.6. The molecule has 1 spiro atoms. The highest BCUT2D eigenvalue weighted by Crippen LogP contribution is 2.63. The molecule has 0 bridgehead atoms. The zero-order valence-corrected chi connectivity index (χ0v) is 27.7. The molecule has 2 amide bonds. The molecule has 2 fully saturated rings. The van der Waals surface area contributed by atoms with E-state index in [1.54, 1.807) is 12.1 Å². The number of H-pyrrole nitrogens is 2. The van der Waals surface area contributed by atoms with Crippen LogP contribution in [0.5, 0.6) is 0 Å². The highest BCUT2D eigenvalue weighted by atomic mass is 79.9. The molecule has 41 heavy (non-hydrogen) atoms. The van der Waals surface area contributed by atoms with Crippen LogP contribution >= 0.6 is 75.3 Å². The van der Waals surface area contributed by atoms with Crippen LogP contribution in [0.4, 0.5) is 0 Å². The van der Waals surface area contributed by atoms with Gasteiger partial charge in [0.2, 0.25) is 0 Å². The first kappa shape index (κ1) is 29.3. The summed E-state index contributed by atoms with van der Waals surface area (Å²) in [6.07, 6.45) is -2.44. The number of alkyl halides is 1. The van der Waals surface area contributed by atoms with Crippen molar-refractivity contribution in [3.8, 4) is 0 Å². The Bertz CT molecular complexity index is 1480. The number of aliphatic hydroxyl groups excluding tert-OH is 1. The SMILES string of the molecule is NC1=N[C@@H]2N3C(N)=N[C@H](O)[C@@]34[C@H](Cl)[C@@H](CNC(=O)c3cc(Br)c(Br)[nH]3)[C@H](CNC(=O)c3cc(Br)c(Br)[nH]3)[C@H]4[C@]2(O)N1. The lowest BCUT2D eigenvalue weighted by Crippen LogP contribution is -2.61. The number of aliphatic imine (C=N–C) groups is 2. The highest BCUT2D eigenvalue weighted by Gasteiger charge is 2.82. The topological polar surface area (TPSA) is 222 Å². The number of halogens is 5. The van der Waals surface area contributed by atoms with Crippen molar-refractivity contribution in [2.45, 2.75) is 29.0 Å². The lowest BCUT2D eigenvalue weighted by Gasteiger charge is -2.39. The summed E-state index contributed by atoms with van der Waals surface area (Å²) in [7, 11) is 0. The maximum absolute atomic E-state index is 13.1. The zero-order chi connectivity index (χ0) is 29.6. The van der Waals surface area contributed by atoms with Crippen molar-refractivity contribution in [1.82, 2.24) is 30.8 Å². The number of fused-ring (bicyclic) bond motifs is 3. The molecule has 6 rings (SSSR count). The van der Waals surface area contributed by atoms with E-state index in [2.05, 4.69) is 99.6 Å². The molecule has 0 unspecified atom stereocenters. The minimum atomic E-state index is -1.80. The number of hydrogen-bond acceptors (Lipinski definition) is 10. The van der Waals surface area contributed by atoms with Crippen molar-refractivity contribution in [3.63, 3.8) is 0 Å². The summed E-state index contributed by atoms with van der Waals surface area (Å²) in [5, 5.41) is 31.1. The first-order chi connectivity index (χ1) is 19.3. The molecule has 19 heteroatoms. The van der Waals surface area contributed by atoms with Gasteiger partial charge >= 0.3 is 0 Å². The van der Waals surface area contributed by atoms with Gasteiger partial charge in [-0.05, 0) is 81.8 Å². The Morgan fingerprint density at radius 3 is 2.05 bits per heavy atom. The van der Waals surface area contributed by atoms with Gasteiger partial charge in [-0.1, -0.05) is 0 Å². The van der Waals surface area contributed by atoms with Gasteiger partial charge in [0.05, 0.1) is 23.5 Å². The molecule has 1 saturated heterocycles. The van der Waals surface area contributed by atoms with Gasteiger partial charge in [-0.2, -0.15) is 0 Å². The Kier molecular flexibility index (Phi) is 7.22. The number of aromatic amines is 2. The molecule has 2 aromatic heterocycles. The summed E-state index contributed by atoms with van der Waals surface area (Å²) in [4.78, 5) is 42.1. The Hall–Kier alpha value is -1.83. The summed E-state index contributed by atoms with van der Waals surface area (Å²) in [6, 6.07) is 3.24. The van der Waals surface area contributed by atoms with Crippen LogP contribution in [0.15, 0.2) is 40.3 Å². The van der Waals surface area contributed by atoms with E-state index in [9.17, 15) is 19.8 Å². The van der Waals surface area contributed by atoms with Gasteiger partial charge < -0.3 is 52.5 Å². The highest BCUT2D eigenvalue weighted by molar-refractivity contribution is 9.13. The maximum Gasteiger partial charge on any atom is 0.267 e. The number of amides is 2. The number of nitrogens with one attached hydrogen (secondary N) is 5. The van der Waals surface area contributed by atoms with Gasteiger partial charge in [-0.25, -0.2) is 9.98 Å². The molecule has 14 nitrogen and oxygen atoms in total. The lowest BCUT2D eigenvalue weighted by molar-refractivity contribution is -0.0560. The van der Waals surface area contributed by atoms with Crippen molar-refractivity contribution in [3.05, 3.63) is 41.7 Å². The van der Waals surface area contributed by atoms with E-state index >= 15 is 0 Å². The Labute approximate surface area is 271 Å². The lowest BCUT2D eigenvalue weighted by atomic mass is 9.77.